The van der Waals surface area contributed by atoms with Crippen LogP contribution in [0.25, 0.3) is 10.6 Å². The predicted octanol–water partition coefficient (Wildman–Crippen LogP) is 3.04. The van der Waals surface area contributed by atoms with Gasteiger partial charge in [0, 0.05) is 6.07 Å². The molecule has 2 heterocycles. The number of nitrogens with zero attached hydrogens (tertiary/aromatic N) is 3. The highest BCUT2D eigenvalue weighted by atomic mass is 32.1. The first-order valence-electron chi connectivity index (χ1n) is 7.54. The van der Waals surface area contributed by atoms with Crippen LogP contribution < -0.4 is 10.9 Å². The quantitative estimate of drug-likeness (QED) is 0.783. The van der Waals surface area contributed by atoms with Gasteiger partial charge in [0.25, 0.3) is 5.56 Å². The Labute approximate surface area is 148 Å². The summed E-state index contributed by atoms with van der Waals surface area (Å²) < 4.78 is 1.15. The highest BCUT2D eigenvalue weighted by Crippen LogP contribution is 2.22. The number of aromatic nitrogens is 2. The molecule has 6 nitrogen and oxygen atoms in total. The van der Waals surface area contributed by atoms with Gasteiger partial charge in [0.15, 0.2) is 0 Å². The van der Waals surface area contributed by atoms with Crippen molar-refractivity contribution in [2.45, 2.75) is 13.0 Å². The fraction of sp³-hybridized carbons (Fsp3) is 0.111. The number of carbonyl (C=O) groups excluding carboxylic acids is 1. The van der Waals surface area contributed by atoms with Crippen LogP contribution in [0.15, 0.2) is 58.7 Å². The first kappa shape index (κ1) is 16.6. The molecule has 3 rings (SSSR count). The molecule has 0 saturated heterocycles. The second kappa shape index (κ2) is 7.11. The predicted molar refractivity (Wildman–Crippen MR) is 96.3 cm³/mol. The first-order valence-corrected chi connectivity index (χ1v) is 8.42. The van der Waals surface area contributed by atoms with Crippen LogP contribution in [0.3, 0.4) is 0 Å². The van der Waals surface area contributed by atoms with Gasteiger partial charge in [0.1, 0.15) is 17.8 Å². The molecule has 7 heteroatoms. The summed E-state index contributed by atoms with van der Waals surface area (Å²) in [6.45, 7) is 1.59. The fourth-order valence-corrected chi connectivity index (χ4v) is 2.99. The Morgan fingerprint density at radius 1 is 1.24 bits per heavy atom. The minimum atomic E-state index is -0.820. The molecule has 0 aliphatic heterocycles. The highest BCUT2D eigenvalue weighted by Gasteiger charge is 2.19. The number of benzene rings is 1. The number of thiophene rings is 1. The molecule has 1 atom stereocenters. The van der Waals surface area contributed by atoms with E-state index in [1.165, 1.54) is 17.4 Å². The fourth-order valence-electron chi connectivity index (χ4n) is 2.30. The number of hydrogen-bond acceptors (Lipinski definition) is 5. The summed E-state index contributed by atoms with van der Waals surface area (Å²) in [4.78, 5) is 25.6. The van der Waals surface area contributed by atoms with Gasteiger partial charge in [-0.1, -0.05) is 18.2 Å². The Morgan fingerprint density at radius 2 is 2.04 bits per heavy atom. The lowest BCUT2D eigenvalue weighted by Crippen LogP contribution is -2.33. The van der Waals surface area contributed by atoms with Crippen molar-refractivity contribution in [1.29, 1.82) is 5.26 Å². The van der Waals surface area contributed by atoms with Crippen LogP contribution in [0.2, 0.25) is 0 Å². The van der Waals surface area contributed by atoms with E-state index in [9.17, 15) is 9.59 Å². The molecule has 0 aliphatic rings. The van der Waals surface area contributed by atoms with Crippen LogP contribution in [-0.2, 0) is 4.79 Å². The Balaban J connectivity index is 1.89. The third kappa shape index (κ3) is 3.49. The number of para-hydroxylation sites is 1. The number of nitriles is 1. The first-order chi connectivity index (χ1) is 12.1. The van der Waals surface area contributed by atoms with Crippen LogP contribution in [0.5, 0.6) is 0 Å². The van der Waals surface area contributed by atoms with Crippen molar-refractivity contribution < 1.29 is 4.79 Å². The Morgan fingerprint density at radius 3 is 2.76 bits per heavy atom. The molecule has 1 N–H and O–H groups in total. The van der Waals surface area contributed by atoms with E-state index in [1.54, 1.807) is 37.3 Å². The summed E-state index contributed by atoms with van der Waals surface area (Å²) >= 11 is 1.50. The average Bonchev–Trinajstić information content (AvgIpc) is 3.16. The third-order valence-electron chi connectivity index (χ3n) is 3.65. The lowest BCUT2D eigenvalue weighted by Gasteiger charge is -2.15. The maximum atomic E-state index is 12.5. The molecule has 25 heavy (non-hydrogen) atoms. The molecule has 1 unspecified atom stereocenters. The molecule has 1 aromatic carbocycles. The summed E-state index contributed by atoms with van der Waals surface area (Å²) in [5.74, 6) is -0.416. The van der Waals surface area contributed by atoms with Crippen molar-refractivity contribution in [2.24, 2.45) is 0 Å². The molecule has 0 bridgehead atoms. The van der Waals surface area contributed by atoms with Crippen LogP contribution in [0, 0.1) is 11.3 Å². The molecule has 0 aliphatic carbocycles. The topological polar surface area (TPSA) is 87.8 Å². The molecule has 2 aromatic heterocycles. The van der Waals surface area contributed by atoms with Gasteiger partial charge >= 0.3 is 0 Å². The maximum Gasteiger partial charge on any atom is 0.267 e. The van der Waals surface area contributed by atoms with Gasteiger partial charge in [0.2, 0.25) is 5.91 Å². The van der Waals surface area contributed by atoms with Crippen LogP contribution in [0.1, 0.15) is 18.5 Å². The third-order valence-corrected chi connectivity index (χ3v) is 4.54. The largest absolute Gasteiger partial charge is 0.323 e. The Hall–Kier alpha value is -3.24. The zero-order chi connectivity index (χ0) is 17.8. The molecule has 0 spiro atoms. The van der Waals surface area contributed by atoms with Crippen LogP contribution in [-0.4, -0.2) is 15.7 Å². The summed E-state index contributed by atoms with van der Waals surface area (Å²) in [6, 6.07) is 14.7. The molecule has 124 valence electrons. The number of nitrogens with one attached hydrogen (secondary N) is 1. The van der Waals surface area contributed by atoms with Gasteiger partial charge < -0.3 is 5.32 Å². The monoisotopic (exact) mass is 350 g/mol. The van der Waals surface area contributed by atoms with Gasteiger partial charge in [-0.25, -0.2) is 4.68 Å². The van der Waals surface area contributed by atoms with Crippen molar-refractivity contribution in [3.63, 3.8) is 0 Å². The van der Waals surface area contributed by atoms with Crippen molar-refractivity contribution in [3.05, 3.63) is 69.8 Å². The van der Waals surface area contributed by atoms with E-state index in [-0.39, 0.29) is 5.56 Å². The number of rotatable bonds is 4. The summed E-state index contributed by atoms with van der Waals surface area (Å²) in [7, 11) is 0. The Bertz CT molecular complexity index is 1000. The second-order valence-corrected chi connectivity index (χ2v) is 6.25. The molecular weight excluding hydrogens is 336 g/mol. The zero-order valence-corrected chi connectivity index (χ0v) is 14.2. The van der Waals surface area contributed by atoms with E-state index < -0.39 is 11.9 Å². The average molecular weight is 350 g/mol. The van der Waals surface area contributed by atoms with E-state index >= 15 is 0 Å². The van der Waals surface area contributed by atoms with Gasteiger partial charge in [-0.2, -0.15) is 10.4 Å². The number of carbonyl (C=O) groups is 1. The summed E-state index contributed by atoms with van der Waals surface area (Å²) in [5.41, 5.74) is 1.03. The van der Waals surface area contributed by atoms with E-state index in [0.717, 1.165) is 9.56 Å². The van der Waals surface area contributed by atoms with Crippen molar-refractivity contribution in [3.8, 4) is 16.6 Å². The number of anilines is 1. The lowest BCUT2D eigenvalue weighted by molar-refractivity contribution is -0.119. The second-order valence-electron chi connectivity index (χ2n) is 5.30. The molecule has 0 saturated carbocycles. The molecule has 1 amide bonds. The van der Waals surface area contributed by atoms with Gasteiger partial charge in [0.05, 0.1) is 16.1 Å². The minimum Gasteiger partial charge on any atom is -0.323 e. The lowest BCUT2D eigenvalue weighted by atomic mass is 10.2. The van der Waals surface area contributed by atoms with E-state index in [1.807, 2.05) is 23.6 Å². The smallest absolute Gasteiger partial charge is 0.267 e. The number of amides is 1. The molecule has 0 fully saturated rings. The molecular formula is C18H14N4O2S. The maximum absolute atomic E-state index is 12.5. The minimum absolute atomic E-state index is 0.357. The van der Waals surface area contributed by atoms with Gasteiger partial charge in [-0.05, 0) is 36.6 Å². The van der Waals surface area contributed by atoms with Crippen molar-refractivity contribution in [1.82, 2.24) is 9.78 Å². The Kier molecular flexibility index (Phi) is 4.73. The standard InChI is InChI=1S/C18H14N4O2S/c1-12(18(24)20-14-6-3-2-5-13(14)11-19)22-17(23)9-8-15(21-22)16-7-4-10-25-16/h2-10,12H,1H3,(H,20,24). The van der Waals surface area contributed by atoms with E-state index in [4.69, 9.17) is 5.26 Å². The molecule has 0 radical (unpaired) electrons. The zero-order valence-electron chi connectivity index (χ0n) is 13.3. The summed E-state index contributed by atoms with van der Waals surface area (Å²) in [6.07, 6.45) is 0. The van der Waals surface area contributed by atoms with Crippen molar-refractivity contribution >= 4 is 22.9 Å². The van der Waals surface area contributed by atoms with Gasteiger partial charge in [-0.15, -0.1) is 11.3 Å². The van der Waals surface area contributed by atoms with Crippen LogP contribution >= 0.6 is 11.3 Å². The van der Waals surface area contributed by atoms with Crippen LogP contribution in [0.4, 0.5) is 5.69 Å². The van der Waals surface area contributed by atoms with E-state index in [2.05, 4.69) is 10.4 Å². The summed E-state index contributed by atoms with van der Waals surface area (Å²) in [5, 5.41) is 18.0. The van der Waals surface area contributed by atoms with Crippen molar-refractivity contribution in [2.75, 3.05) is 5.32 Å². The van der Waals surface area contributed by atoms with Gasteiger partial charge in [-0.3, -0.25) is 9.59 Å². The highest BCUT2D eigenvalue weighted by molar-refractivity contribution is 7.13. The SMILES string of the molecule is CC(C(=O)Nc1ccccc1C#N)n1nc(-c2cccs2)ccc1=O. The molecule has 3 aromatic rings. The van der Waals surface area contributed by atoms with E-state index in [0.29, 0.717) is 16.9 Å². The number of hydrogen-bond donors (Lipinski definition) is 1. The normalized spacial score (nSPS) is 11.5.